The number of hydrogen-bond donors (Lipinski definition) is 2. The number of ether oxygens (including phenoxy) is 2. The molecule has 4 rings (SSSR count). The molecule has 3 aromatic rings. The summed E-state index contributed by atoms with van der Waals surface area (Å²) in [5, 5.41) is 14.8. The highest BCUT2D eigenvalue weighted by molar-refractivity contribution is 6.27. The standard InChI is InChI=1S/C30H33NO3.C2H2O4.H2O/c1-23(32)27-14-15-28(29(22-27)33-2)34-21-9-18-31-19-16-26(17-20-31)30(24-10-5-3-6-11-24)25-12-7-4-8-13-25;3-1(4)2(5)6;/h3-8,10-15,22H,9,16-21H2,1-2H3;(H,3,4)(H,5,6);1H2. The zero-order chi connectivity index (χ0) is 28.9. The molecule has 1 aliphatic rings. The Balaban J connectivity index is 0.000000760. The third kappa shape index (κ3) is 9.90. The van der Waals surface area contributed by atoms with E-state index in [4.69, 9.17) is 29.3 Å². The van der Waals surface area contributed by atoms with E-state index in [2.05, 4.69) is 65.6 Å². The first kappa shape index (κ1) is 32.7. The second-order valence-electron chi connectivity index (χ2n) is 9.29. The van der Waals surface area contributed by atoms with Gasteiger partial charge >= 0.3 is 11.9 Å². The molecule has 218 valence electrons. The average molecular weight is 564 g/mol. The topological polar surface area (TPSA) is 145 Å². The number of nitrogens with zero attached hydrogens (tertiary/aromatic N) is 1. The first-order chi connectivity index (χ1) is 19.3. The molecule has 1 heterocycles. The van der Waals surface area contributed by atoms with Crippen LogP contribution in [0.3, 0.4) is 0 Å². The SMILES string of the molecule is COc1cc(C(C)=O)ccc1OCCCN1CCC(=C(c2ccccc2)c2ccccc2)CC1.O.O=C(O)C(=O)O. The second kappa shape index (κ2) is 16.6. The normalized spacial score (nSPS) is 12.7. The highest BCUT2D eigenvalue weighted by Crippen LogP contribution is 2.32. The Morgan fingerprint density at radius 3 is 1.78 bits per heavy atom. The quantitative estimate of drug-likeness (QED) is 0.218. The lowest BCUT2D eigenvalue weighted by Crippen LogP contribution is -2.32. The molecule has 9 heteroatoms. The molecular weight excluding hydrogens is 526 g/mol. The van der Waals surface area contributed by atoms with Gasteiger partial charge in [0.05, 0.1) is 13.7 Å². The van der Waals surface area contributed by atoms with E-state index >= 15 is 0 Å². The van der Waals surface area contributed by atoms with Crippen LogP contribution in [0.25, 0.3) is 5.57 Å². The Hall–Kier alpha value is -4.47. The molecular formula is C32H37NO8. The van der Waals surface area contributed by atoms with Gasteiger partial charge in [0.1, 0.15) is 0 Å². The summed E-state index contributed by atoms with van der Waals surface area (Å²) in [4.78, 5) is 32.3. The van der Waals surface area contributed by atoms with Crippen LogP contribution in [0.4, 0.5) is 0 Å². The Morgan fingerprint density at radius 2 is 1.32 bits per heavy atom. The van der Waals surface area contributed by atoms with Crippen LogP contribution in [-0.4, -0.2) is 71.7 Å². The van der Waals surface area contributed by atoms with Crippen LogP contribution in [0.1, 0.15) is 47.7 Å². The molecule has 9 nitrogen and oxygen atoms in total. The van der Waals surface area contributed by atoms with E-state index in [0.717, 1.165) is 38.9 Å². The highest BCUT2D eigenvalue weighted by atomic mass is 16.5. The average Bonchev–Trinajstić information content (AvgIpc) is 2.97. The summed E-state index contributed by atoms with van der Waals surface area (Å²) in [5.74, 6) is -2.34. The van der Waals surface area contributed by atoms with Crippen molar-refractivity contribution >= 4 is 23.3 Å². The van der Waals surface area contributed by atoms with Crippen LogP contribution >= 0.6 is 0 Å². The summed E-state index contributed by atoms with van der Waals surface area (Å²) < 4.78 is 11.4. The monoisotopic (exact) mass is 563 g/mol. The summed E-state index contributed by atoms with van der Waals surface area (Å²) in [6, 6.07) is 26.9. The minimum absolute atomic E-state index is 0. The van der Waals surface area contributed by atoms with Crippen molar-refractivity contribution < 1.29 is 39.5 Å². The van der Waals surface area contributed by atoms with Gasteiger partial charge in [-0.2, -0.15) is 0 Å². The van der Waals surface area contributed by atoms with Crippen molar-refractivity contribution in [2.45, 2.75) is 26.2 Å². The summed E-state index contributed by atoms with van der Waals surface area (Å²) in [7, 11) is 1.60. The van der Waals surface area contributed by atoms with E-state index in [1.807, 2.05) is 6.07 Å². The number of hydrogen-bond acceptors (Lipinski definition) is 6. The van der Waals surface area contributed by atoms with Crippen molar-refractivity contribution in [1.82, 2.24) is 4.90 Å². The number of piperidine rings is 1. The molecule has 1 aliphatic heterocycles. The van der Waals surface area contributed by atoms with E-state index in [9.17, 15) is 4.79 Å². The molecule has 1 saturated heterocycles. The molecule has 0 aliphatic carbocycles. The van der Waals surface area contributed by atoms with Crippen molar-refractivity contribution in [2.24, 2.45) is 0 Å². The van der Waals surface area contributed by atoms with Crippen molar-refractivity contribution in [2.75, 3.05) is 33.4 Å². The Labute approximate surface area is 240 Å². The van der Waals surface area contributed by atoms with Crippen LogP contribution in [0.2, 0.25) is 0 Å². The predicted molar refractivity (Wildman–Crippen MR) is 157 cm³/mol. The molecule has 4 N–H and O–H groups in total. The fraction of sp³-hybridized carbons (Fsp3) is 0.281. The molecule has 0 aromatic heterocycles. The van der Waals surface area contributed by atoms with Gasteiger partial charge in [-0.3, -0.25) is 4.79 Å². The molecule has 41 heavy (non-hydrogen) atoms. The summed E-state index contributed by atoms with van der Waals surface area (Å²) in [5.41, 5.74) is 6.17. The van der Waals surface area contributed by atoms with Gasteiger partial charge in [-0.1, -0.05) is 66.2 Å². The fourth-order valence-electron chi connectivity index (χ4n) is 4.56. The zero-order valence-electron chi connectivity index (χ0n) is 23.3. The number of rotatable bonds is 9. The predicted octanol–water partition coefficient (Wildman–Crippen LogP) is 4.60. The van der Waals surface area contributed by atoms with Gasteiger partial charge in [0.25, 0.3) is 0 Å². The van der Waals surface area contributed by atoms with E-state index in [-0.39, 0.29) is 11.3 Å². The lowest BCUT2D eigenvalue weighted by molar-refractivity contribution is -0.159. The second-order valence-corrected chi connectivity index (χ2v) is 9.29. The van der Waals surface area contributed by atoms with Crippen molar-refractivity contribution in [3.8, 4) is 11.5 Å². The number of carboxylic acids is 2. The molecule has 0 radical (unpaired) electrons. The van der Waals surface area contributed by atoms with Crippen molar-refractivity contribution in [1.29, 1.82) is 0 Å². The van der Waals surface area contributed by atoms with Crippen LogP contribution in [0, 0.1) is 0 Å². The smallest absolute Gasteiger partial charge is 0.414 e. The fourth-order valence-corrected chi connectivity index (χ4v) is 4.56. The van der Waals surface area contributed by atoms with Crippen LogP contribution in [0.5, 0.6) is 11.5 Å². The first-order valence-electron chi connectivity index (χ1n) is 13.1. The van der Waals surface area contributed by atoms with Gasteiger partial charge < -0.3 is 30.1 Å². The van der Waals surface area contributed by atoms with Gasteiger partial charge in [0.2, 0.25) is 0 Å². The van der Waals surface area contributed by atoms with Gasteiger partial charge in [0, 0.05) is 25.2 Å². The molecule has 0 atom stereocenters. The number of carbonyl (C=O) groups excluding carboxylic acids is 1. The lowest BCUT2D eigenvalue weighted by Gasteiger charge is -2.30. The number of benzene rings is 3. The molecule has 0 bridgehead atoms. The van der Waals surface area contributed by atoms with E-state index < -0.39 is 11.9 Å². The van der Waals surface area contributed by atoms with Gasteiger partial charge in [-0.25, -0.2) is 9.59 Å². The third-order valence-electron chi connectivity index (χ3n) is 6.57. The van der Waals surface area contributed by atoms with E-state index in [1.54, 1.807) is 31.7 Å². The first-order valence-corrected chi connectivity index (χ1v) is 13.1. The Morgan fingerprint density at radius 1 is 0.780 bits per heavy atom. The van der Waals surface area contributed by atoms with Crippen molar-refractivity contribution in [3.05, 3.63) is 101 Å². The van der Waals surface area contributed by atoms with Gasteiger partial charge in [-0.15, -0.1) is 0 Å². The molecule has 0 saturated carbocycles. The maximum atomic E-state index is 11.6. The summed E-state index contributed by atoms with van der Waals surface area (Å²) in [6.45, 7) is 5.31. The highest BCUT2D eigenvalue weighted by Gasteiger charge is 2.19. The number of ketones is 1. The van der Waals surface area contributed by atoms with Gasteiger partial charge in [0.15, 0.2) is 17.3 Å². The summed E-state index contributed by atoms with van der Waals surface area (Å²) in [6.07, 6.45) is 3.11. The number of likely N-dealkylation sites (tertiary alicyclic amines) is 1. The number of carbonyl (C=O) groups is 3. The van der Waals surface area contributed by atoms with Crippen molar-refractivity contribution in [3.63, 3.8) is 0 Å². The molecule has 3 aromatic carbocycles. The Bertz CT molecular complexity index is 1260. The zero-order valence-corrected chi connectivity index (χ0v) is 23.3. The third-order valence-corrected chi connectivity index (χ3v) is 6.57. The maximum Gasteiger partial charge on any atom is 0.414 e. The molecule has 1 fully saturated rings. The van der Waals surface area contributed by atoms with Crippen LogP contribution in [-0.2, 0) is 9.59 Å². The number of aliphatic carboxylic acids is 2. The number of methoxy groups -OCH3 is 1. The summed E-state index contributed by atoms with van der Waals surface area (Å²) >= 11 is 0. The largest absolute Gasteiger partial charge is 0.493 e. The Kier molecular flexibility index (Phi) is 13.2. The maximum absolute atomic E-state index is 11.6. The van der Waals surface area contributed by atoms with Crippen LogP contribution in [0.15, 0.2) is 84.4 Å². The van der Waals surface area contributed by atoms with Gasteiger partial charge in [-0.05, 0) is 61.1 Å². The molecule has 0 amide bonds. The van der Waals surface area contributed by atoms with Crippen LogP contribution < -0.4 is 9.47 Å². The molecule has 0 unspecified atom stereocenters. The minimum Gasteiger partial charge on any atom is -0.493 e. The van der Waals surface area contributed by atoms with E-state index in [0.29, 0.717) is 23.7 Å². The minimum atomic E-state index is -1.82. The molecule has 0 spiro atoms. The number of carboxylic acid groups (broad SMARTS) is 2. The number of Topliss-reactive ketones (excluding diaryl/α,β-unsaturated/α-hetero) is 1. The van der Waals surface area contributed by atoms with E-state index in [1.165, 1.54) is 16.7 Å². The lowest BCUT2D eigenvalue weighted by atomic mass is 9.88.